The van der Waals surface area contributed by atoms with Gasteiger partial charge in [-0.25, -0.2) is 4.68 Å². The van der Waals surface area contributed by atoms with Crippen LogP contribution in [-0.2, 0) is 17.9 Å². The molecule has 2 aromatic rings. The lowest BCUT2D eigenvalue weighted by Crippen LogP contribution is -2.23. The Bertz CT molecular complexity index is 567. The van der Waals surface area contributed by atoms with Crippen LogP contribution in [0.25, 0.3) is 11.4 Å². The van der Waals surface area contributed by atoms with Crippen molar-refractivity contribution in [3.8, 4) is 11.4 Å². The molecule has 1 aliphatic rings. The predicted molar refractivity (Wildman–Crippen MR) is 64.6 cm³/mol. The van der Waals surface area contributed by atoms with Gasteiger partial charge in [0, 0.05) is 25.2 Å². The van der Waals surface area contributed by atoms with Crippen molar-refractivity contribution < 1.29 is 4.79 Å². The van der Waals surface area contributed by atoms with Crippen molar-refractivity contribution in [1.29, 1.82) is 0 Å². The molecule has 0 radical (unpaired) electrons. The van der Waals surface area contributed by atoms with E-state index in [1.54, 1.807) is 0 Å². The molecule has 0 aromatic carbocycles. The summed E-state index contributed by atoms with van der Waals surface area (Å²) in [6.07, 6.45) is 2.54. The van der Waals surface area contributed by atoms with Crippen molar-refractivity contribution in [1.82, 2.24) is 14.3 Å². The van der Waals surface area contributed by atoms with Gasteiger partial charge < -0.3 is 9.88 Å². The largest absolute Gasteiger partial charge is 0.346 e. The van der Waals surface area contributed by atoms with E-state index >= 15 is 0 Å². The zero-order valence-electron chi connectivity index (χ0n) is 9.68. The fourth-order valence-electron chi connectivity index (χ4n) is 2.15. The number of hydrogen-bond acceptors (Lipinski definition) is 2. The summed E-state index contributed by atoms with van der Waals surface area (Å²) in [5.41, 5.74) is 2.00. The highest BCUT2D eigenvalue weighted by molar-refractivity contribution is 5.91. The summed E-state index contributed by atoms with van der Waals surface area (Å²) in [5, 5.41) is 7.35. The van der Waals surface area contributed by atoms with Crippen LogP contribution in [0.1, 0.15) is 13.3 Å². The maximum atomic E-state index is 11.3. The first kappa shape index (κ1) is 10.1. The smallest absolute Gasteiger partial charge is 0.227 e. The molecule has 0 atom stereocenters. The summed E-state index contributed by atoms with van der Waals surface area (Å²) in [6.45, 7) is 3.67. The monoisotopic (exact) mass is 230 g/mol. The van der Waals surface area contributed by atoms with E-state index in [1.807, 2.05) is 29.1 Å². The summed E-state index contributed by atoms with van der Waals surface area (Å²) < 4.78 is 3.99. The average molecular weight is 230 g/mol. The number of nitrogens with zero attached hydrogens (tertiary/aromatic N) is 3. The number of aromatic nitrogens is 3. The molecular formula is C12H14N4O. The molecule has 0 fully saturated rings. The van der Waals surface area contributed by atoms with Crippen LogP contribution >= 0.6 is 0 Å². The molecule has 1 aliphatic heterocycles. The van der Waals surface area contributed by atoms with E-state index in [2.05, 4.69) is 21.9 Å². The van der Waals surface area contributed by atoms with Gasteiger partial charge in [-0.05, 0) is 19.1 Å². The van der Waals surface area contributed by atoms with Gasteiger partial charge in [-0.1, -0.05) is 0 Å². The van der Waals surface area contributed by atoms with E-state index in [9.17, 15) is 4.79 Å². The molecular weight excluding hydrogens is 216 g/mol. The predicted octanol–water partition coefficient (Wildman–Crippen LogP) is 1.71. The van der Waals surface area contributed by atoms with E-state index in [-0.39, 0.29) is 5.91 Å². The Labute approximate surface area is 99.0 Å². The van der Waals surface area contributed by atoms with Crippen molar-refractivity contribution >= 4 is 11.7 Å². The average Bonchev–Trinajstić information content (AvgIpc) is 2.93. The Morgan fingerprint density at radius 3 is 3.24 bits per heavy atom. The first-order valence-electron chi connectivity index (χ1n) is 5.81. The normalized spacial score (nSPS) is 14.5. The number of carbonyl (C=O) groups is 1. The van der Waals surface area contributed by atoms with Crippen LogP contribution in [0.4, 0.5) is 5.82 Å². The van der Waals surface area contributed by atoms with Crippen LogP contribution in [0.3, 0.4) is 0 Å². The third-order valence-electron chi connectivity index (χ3n) is 3.03. The van der Waals surface area contributed by atoms with Gasteiger partial charge in [0.2, 0.25) is 5.91 Å². The van der Waals surface area contributed by atoms with E-state index < -0.39 is 0 Å². The number of anilines is 1. The molecule has 0 unspecified atom stereocenters. The van der Waals surface area contributed by atoms with Gasteiger partial charge in [0.05, 0.1) is 12.2 Å². The fraction of sp³-hybridized carbons (Fsp3) is 0.333. The summed E-state index contributed by atoms with van der Waals surface area (Å²) in [7, 11) is 0. The third kappa shape index (κ3) is 1.63. The zero-order valence-corrected chi connectivity index (χ0v) is 9.68. The number of amides is 1. The first-order valence-corrected chi connectivity index (χ1v) is 5.81. The minimum Gasteiger partial charge on any atom is -0.346 e. The SMILES string of the molecule is CCn1cccc1-c1cc2n(n1)CCC(=O)N2. The van der Waals surface area contributed by atoms with Gasteiger partial charge in [0.25, 0.3) is 0 Å². The molecule has 1 N–H and O–H groups in total. The van der Waals surface area contributed by atoms with Gasteiger partial charge in [-0.3, -0.25) is 4.79 Å². The Morgan fingerprint density at radius 2 is 2.41 bits per heavy atom. The number of carbonyl (C=O) groups excluding carboxylic acids is 1. The van der Waals surface area contributed by atoms with E-state index in [0.717, 1.165) is 23.8 Å². The quantitative estimate of drug-likeness (QED) is 0.854. The second kappa shape index (κ2) is 3.76. The molecule has 3 rings (SSSR count). The Hall–Kier alpha value is -2.04. The molecule has 17 heavy (non-hydrogen) atoms. The summed E-state index contributed by atoms with van der Waals surface area (Å²) >= 11 is 0. The van der Waals surface area contributed by atoms with E-state index in [0.29, 0.717) is 13.0 Å². The van der Waals surface area contributed by atoms with Crippen LogP contribution in [0.2, 0.25) is 0 Å². The molecule has 0 bridgehead atoms. The topological polar surface area (TPSA) is 51.9 Å². The maximum absolute atomic E-state index is 11.3. The van der Waals surface area contributed by atoms with Crippen LogP contribution in [0, 0.1) is 0 Å². The van der Waals surface area contributed by atoms with Crippen molar-refractivity contribution in [2.24, 2.45) is 0 Å². The number of nitrogens with one attached hydrogen (secondary N) is 1. The second-order valence-corrected chi connectivity index (χ2v) is 4.12. The molecule has 5 nitrogen and oxygen atoms in total. The van der Waals surface area contributed by atoms with Gasteiger partial charge in [0.15, 0.2) is 0 Å². The highest BCUT2D eigenvalue weighted by Gasteiger charge is 2.18. The fourth-order valence-corrected chi connectivity index (χ4v) is 2.15. The lowest BCUT2D eigenvalue weighted by molar-refractivity contribution is -0.116. The van der Waals surface area contributed by atoms with Crippen molar-refractivity contribution in [3.05, 3.63) is 24.4 Å². The summed E-state index contributed by atoms with van der Waals surface area (Å²) in [6, 6.07) is 5.98. The first-order chi connectivity index (χ1) is 8.28. The molecule has 88 valence electrons. The second-order valence-electron chi connectivity index (χ2n) is 4.12. The molecule has 3 heterocycles. The molecule has 5 heteroatoms. The third-order valence-corrected chi connectivity index (χ3v) is 3.03. The lowest BCUT2D eigenvalue weighted by atomic mass is 10.3. The number of aryl methyl sites for hydroxylation is 2. The molecule has 0 aliphatic carbocycles. The minimum atomic E-state index is 0.0647. The van der Waals surface area contributed by atoms with Gasteiger partial charge in [-0.15, -0.1) is 0 Å². The summed E-state index contributed by atoms with van der Waals surface area (Å²) in [5.74, 6) is 0.856. The molecule has 2 aromatic heterocycles. The minimum absolute atomic E-state index is 0.0647. The number of hydrogen-bond donors (Lipinski definition) is 1. The Kier molecular flexibility index (Phi) is 2.24. The molecule has 0 saturated carbocycles. The molecule has 0 spiro atoms. The highest BCUT2D eigenvalue weighted by atomic mass is 16.1. The standard InChI is InChI=1S/C12H14N4O/c1-2-15-6-3-4-10(15)9-8-11-13-12(17)5-7-16(11)14-9/h3-4,6,8H,2,5,7H2,1H3,(H,13,17). The molecule has 0 saturated heterocycles. The number of rotatable bonds is 2. The van der Waals surface area contributed by atoms with Crippen molar-refractivity contribution in [2.75, 3.05) is 5.32 Å². The van der Waals surface area contributed by atoms with Gasteiger partial charge >= 0.3 is 0 Å². The van der Waals surface area contributed by atoms with Crippen LogP contribution in [0.15, 0.2) is 24.4 Å². The van der Waals surface area contributed by atoms with Crippen molar-refractivity contribution in [2.45, 2.75) is 26.4 Å². The van der Waals surface area contributed by atoms with Gasteiger partial charge in [-0.2, -0.15) is 5.10 Å². The Balaban J connectivity index is 2.02. The summed E-state index contributed by atoms with van der Waals surface area (Å²) in [4.78, 5) is 11.3. The zero-order chi connectivity index (χ0) is 11.8. The van der Waals surface area contributed by atoms with Crippen LogP contribution in [-0.4, -0.2) is 20.3 Å². The maximum Gasteiger partial charge on any atom is 0.227 e. The van der Waals surface area contributed by atoms with E-state index in [1.165, 1.54) is 0 Å². The lowest BCUT2D eigenvalue weighted by Gasteiger charge is -2.13. The highest BCUT2D eigenvalue weighted by Crippen LogP contribution is 2.24. The number of fused-ring (bicyclic) bond motifs is 1. The van der Waals surface area contributed by atoms with Crippen LogP contribution < -0.4 is 5.32 Å². The van der Waals surface area contributed by atoms with Crippen LogP contribution in [0.5, 0.6) is 0 Å². The van der Waals surface area contributed by atoms with E-state index in [4.69, 9.17) is 0 Å². The van der Waals surface area contributed by atoms with Crippen molar-refractivity contribution in [3.63, 3.8) is 0 Å². The molecule has 1 amide bonds. The Morgan fingerprint density at radius 1 is 1.53 bits per heavy atom. The van der Waals surface area contributed by atoms with Gasteiger partial charge in [0.1, 0.15) is 11.5 Å².